The molecule has 16 heavy (non-hydrogen) atoms. The van der Waals surface area contributed by atoms with Crippen LogP contribution < -0.4 is 0 Å². The molecule has 0 N–H and O–H groups in total. The summed E-state index contributed by atoms with van der Waals surface area (Å²) in [5.74, 6) is 2.44. The molecule has 0 bridgehead atoms. The van der Waals surface area contributed by atoms with E-state index in [2.05, 4.69) is 27.7 Å². The largest absolute Gasteiger partial charge is 0.377 e. The smallest absolute Gasteiger partial charge is 0.226 e. The Kier molecular flexibility index (Phi) is 3.24. The SMILES string of the molecule is CC(C)C1C(C)C1C(=O)N1CCOCC1C. The van der Waals surface area contributed by atoms with E-state index in [9.17, 15) is 4.79 Å². The van der Waals surface area contributed by atoms with E-state index in [1.807, 2.05) is 4.90 Å². The number of rotatable bonds is 2. The predicted molar refractivity (Wildman–Crippen MR) is 63.0 cm³/mol. The first-order valence-electron chi connectivity index (χ1n) is 6.42. The third-order valence-electron chi connectivity index (χ3n) is 4.15. The van der Waals surface area contributed by atoms with E-state index in [4.69, 9.17) is 4.74 Å². The van der Waals surface area contributed by atoms with Crippen LogP contribution in [0.1, 0.15) is 27.7 Å². The lowest BCUT2D eigenvalue weighted by Crippen LogP contribution is -2.48. The second-order valence-electron chi connectivity index (χ2n) is 5.66. The predicted octanol–water partition coefficient (Wildman–Crippen LogP) is 1.77. The summed E-state index contributed by atoms with van der Waals surface area (Å²) in [4.78, 5) is 14.4. The van der Waals surface area contributed by atoms with Gasteiger partial charge < -0.3 is 9.64 Å². The number of ether oxygens (including phenoxy) is 1. The van der Waals surface area contributed by atoms with Gasteiger partial charge in [0, 0.05) is 12.5 Å². The van der Waals surface area contributed by atoms with Crippen LogP contribution in [0.2, 0.25) is 0 Å². The minimum atomic E-state index is 0.252. The fourth-order valence-corrected chi connectivity index (χ4v) is 3.15. The highest BCUT2D eigenvalue weighted by Gasteiger charge is 2.54. The molecule has 0 aromatic heterocycles. The Labute approximate surface area is 98.1 Å². The fraction of sp³-hybridized carbons (Fsp3) is 0.923. The first kappa shape index (κ1) is 11.9. The molecule has 0 aromatic rings. The van der Waals surface area contributed by atoms with Crippen LogP contribution in [0.5, 0.6) is 0 Å². The molecule has 1 heterocycles. The summed E-state index contributed by atoms with van der Waals surface area (Å²) >= 11 is 0. The maximum absolute atomic E-state index is 12.4. The van der Waals surface area contributed by atoms with Gasteiger partial charge in [-0.1, -0.05) is 20.8 Å². The van der Waals surface area contributed by atoms with Crippen molar-refractivity contribution in [3.05, 3.63) is 0 Å². The molecule has 4 unspecified atom stereocenters. The second kappa shape index (κ2) is 4.36. The first-order valence-corrected chi connectivity index (χ1v) is 6.42. The van der Waals surface area contributed by atoms with E-state index < -0.39 is 0 Å². The number of hydrogen-bond acceptors (Lipinski definition) is 2. The summed E-state index contributed by atoms with van der Waals surface area (Å²) in [5.41, 5.74) is 0. The Morgan fingerprint density at radius 2 is 2.06 bits per heavy atom. The van der Waals surface area contributed by atoms with Crippen molar-refractivity contribution in [2.45, 2.75) is 33.7 Å². The molecule has 0 aromatic carbocycles. The van der Waals surface area contributed by atoms with Crippen molar-refractivity contribution >= 4 is 5.91 Å². The molecule has 2 aliphatic rings. The van der Waals surface area contributed by atoms with Crippen LogP contribution in [0, 0.1) is 23.7 Å². The Bertz CT molecular complexity index is 277. The second-order valence-corrected chi connectivity index (χ2v) is 5.66. The zero-order valence-electron chi connectivity index (χ0n) is 10.8. The van der Waals surface area contributed by atoms with Gasteiger partial charge in [-0.05, 0) is 24.7 Å². The van der Waals surface area contributed by atoms with Crippen molar-refractivity contribution < 1.29 is 9.53 Å². The summed E-state index contributed by atoms with van der Waals surface area (Å²) in [5, 5.41) is 0. The van der Waals surface area contributed by atoms with Crippen LogP contribution in [0.3, 0.4) is 0 Å². The minimum Gasteiger partial charge on any atom is -0.377 e. The maximum Gasteiger partial charge on any atom is 0.226 e. The molecule has 1 aliphatic heterocycles. The fourth-order valence-electron chi connectivity index (χ4n) is 3.15. The van der Waals surface area contributed by atoms with Crippen LogP contribution in [0.4, 0.5) is 0 Å². The molecule has 3 heteroatoms. The summed E-state index contributed by atoms with van der Waals surface area (Å²) in [6.45, 7) is 10.9. The van der Waals surface area contributed by atoms with Crippen molar-refractivity contribution in [1.29, 1.82) is 0 Å². The van der Waals surface area contributed by atoms with Gasteiger partial charge in [-0.2, -0.15) is 0 Å². The Balaban J connectivity index is 1.98. The van der Waals surface area contributed by atoms with E-state index in [0.29, 0.717) is 36.9 Å². The molecular formula is C13H23NO2. The van der Waals surface area contributed by atoms with E-state index in [0.717, 1.165) is 6.54 Å². The highest BCUT2D eigenvalue weighted by Crippen LogP contribution is 2.51. The topological polar surface area (TPSA) is 29.5 Å². The summed E-state index contributed by atoms with van der Waals surface area (Å²) in [6, 6.07) is 0.252. The Morgan fingerprint density at radius 1 is 1.38 bits per heavy atom. The standard InChI is InChI=1S/C13H23NO2/c1-8(2)11-10(4)12(11)13(15)14-5-6-16-7-9(14)3/h8-12H,5-7H2,1-4H3. The molecule has 1 aliphatic carbocycles. The van der Waals surface area contributed by atoms with Crippen LogP contribution in [-0.2, 0) is 9.53 Å². The lowest BCUT2D eigenvalue weighted by atomic mass is 10.1. The normalized spacial score (nSPS) is 38.9. The zero-order chi connectivity index (χ0) is 11.9. The highest BCUT2D eigenvalue weighted by atomic mass is 16.5. The molecule has 2 fully saturated rings. The number of carbonyl (C=O) groups excluding carboxylic acids is 1. The lowest BCUT2D eigenvalue weighted by molar-refractivity contribution is -0.141. The van der Waals surface area contributed by atoms with Gasteiger partial charge in [-0.3, -0.25) is 4.79 Å². The molecule has 2 rings (SSSR count). The monoisotopic (exact) mass is 225 g/mol. The molecule has 4 atom stereocenters. The lowest BCUT2D eigenvalue weighted by Gasteiger charge is -2.33. The molecule has 1 saturated carbocycles. The van der Waals surface area contributed by atoms with Crippen molar-refractivity contribution in [2.24, 2.45) is 23.7 Å². The number of morpholine rings is 1. The van der Waals surface area contributed by atoms with E-state index in [-0.39, 0.29) is 12.0 Å². The number of amides is 1. The van der Waals surface area contributed by atoms with Gasteiger partial charge in [0.2, 0.25) is 5.91 Å². The van der Waals surface area contributed by atoms with Crippen molar-refractivity contribution in [3.63, 3.8) is 0 Å². The van der Waals surface area contributed by atoms with E-state index in [1.165, 1.54) is 0 Å². The zero-order valence-corrected chi connectivity index (χ0v) is 10.8. The highest BCUT2D eigenvalue weighted by molar-refractivity contribution is 5.82. The summed E-state index contributed by atoms with van der Waals surface area (Å²) < 4.78 is 5.37. The van der Waals surface area contributed by atoms with Crippen LogP contribution in [-0.4, -0.2) is 36.6 Å². The molecule has 0 spiro atoms. The quantitative estimate of drug-likeness (QED) is 0.717. The number of hydrogen-bond donors (Lipinski definition) is 0. The van der Waals surface area contributed by atoms with Crippen molar-refractivity contribution in [3.8, 4) is 0 Å². The van der Waals surface area contributed by atoms with Gasteiger partial charge >= 0.3 is 0 Å². The van der Waals surface area contributed by atoms with Gasteiger partial charge in [0.05, 0.1) is 19.3 Å². The average Bonchev–Trinajstić information content (AvgIpc) is 2.90. The van der Waals surface area contributed by atoms with Gasteiger partial charge in [0.15, 0.2) is 0 Å². The first-order chi connectivity index (χ1) is 7.54. The molecule has 3 nitrogen and oxygen atoms in total. The van der Waals surface area contributed by atoms with Crippen LogP contribution in [0.15, 0.2) is 0 Å². The number of carbonyl (C=O) groups is 1. The van der Waals surface area contributed by atoms with Crippen molar-refractivity contribution in [1.82, 2.24) is 4.90 Å². The Hall–Kier alpha value is -0.570. The molecule has 1 saturated heterocycles. The molecule has 1 amide bonds. The van der Waals surface area contributed by atoms with Gasteiger partial charge in [-0.25, -0.2) is 0 Å². The van der Waals surface area contributed by atoms with Crippen LogP contribution in [0.25, 0.3) is 0 Å². The minimum absolute atomic E-state index is 0.252. The van der Waals surface area contributed by atoms with Crippen molar-refractivity contribution in [2.75, 3.05) is 19.8 Å². The van der Waals surface area contributed by atoms with Gasteiger partial charge in [0.25, 0.3) is 0 Å². The van der Waals surface area contributed by atoms with E-state index in [1.54, 1.807) is 0 Å². The molecule has 0 radical (unpaired) electrons. The number of nitrogens with zero attached hydrogens (tertiary/aromatic N) is 1. The molecule has 92 valence electrons. The third kappa shape index (κ3) is 1.97. The van der Waals surface area contributed by atoms with Gasteiger partial charge in [0.1, 0.15) is 0 Å². The third-order valence-corrected chi connectivity index (χ3v) is 4.15. The average molecular weight is 225 g/mol. The van der Waals surface area contributed by atoms with E-state index >= 15 is 0 Å². The summed E-state index contributed by atoms with van der Waals surface area (Å²) in [6.07, 6.45) is 0. The Morgan fingerprint density at radius 3 is 2.56 bits per heavy atom. The van der Waals surface area contributed by atoms with Gasteiger partial charge in [-0.15, -0.1) is 0 Å². The maximum atomic E-state index is 12.4. The van der Waals surface area contributed by atoms with Crippen LogP contribution >= 0.6 is 0 Å². The summed E-state index contributed by atoms with van der Waals surface area (Å²) in [7, 11) is 0. The molecular weight excluding hydrogens is 202 g/mol.